The molecule has 22 heavy (non-hydrogen) atoms. The van der Waals surface area contributed by atoms with Gasteiger partial charge >= 0.3 is 0 Å². The Bertz CT molecular complexity index is 626. The minimum absolute atomic E-state index is 0.461. The normalized spacial score (nSPS) is 10.8. The fraction of sp³-hybridized carbons (Fsp3) is 0.333. The van der Waals surface area contributed by atoms with E-state index in [9.17, 15) is 0 Å². The molecule has 0 bridgehead atoms. The first-order valence-corrected chi connectivity index (χ1v) is 7.66. The van der Waals surface area contributed by atoms with E-state index >= 15 is 0 Å². The van der Waals surface area contributed by atoms with Crippen LogP contribution in [-0.2, 0) is 0 Å². The van der Waals surface area contributed by atoms with Crippen molar-refractivity contribution in [2.24, 2.45) is 0 Å². The average Bonchev–Trinajstić information content (AvgIpc) is 2.42. The van der Waals surface area contributed by atoms with E-state index in [1.165, 1.54) is 0 Å². The fourth-order valence-corrected chi connectivity index (χ4v) is 2.34. The summed E-state index contributed by atoms with van der Waals surface area (Å²) in [5.74, 6) is 1.22. The van der Waals surface area contributed by atoms with Crippen molar-refractivity contribution >= 4 is 40.7 Å². The molecule has 0 saturated heterocycles. The number of nitrogens with one attached hydrogen (secondary N) is 2. The van der Waals surface area contributed by atoms with Crippen molar-refractivity contribution in [1.29, 1.82) is 0 Å². The number of rotatable bonds is 6. The maximum absolute atomic E-state index is 6.15. The van der Waals surface area contributed by atoms with Gasteiger partial charge in [-0.15, -0.1) is 0 Å². The molecule has 7 heteroatoms. The number of anilines is 3. The zero-order chi connectivity index (χ0) is 16.1. The van der Waals surface area contributed by atoms with E-state index in [1.54, 1.807) is 18.2 Å². The van der Waals surface area contributed by atoms with Gasteiger partial charge < -0.3 is 15.5 Å². The van der Waals surface area contributed by atoms with Gasteiger partial charge in [0, 0.05) is 24.8 Å². The molecule has 0 aliphatic heterocycles. The number of halogens is 2. The van der Waals surface area contributed by atoms with Crippen LogP contribution in [0.1, 0.15) is 5.69 Å². The Morgan fingerprint density at radius 3 is 2.45 bits per heavy atom. The van der Waals surface area contributed by atoms with E-state index in [0.717, 1.165) is 24.6 Å². The number of hydrogen-bond acceptors (Lipinski definition) is 5. The van der Waals surface area contributed by atoms with Crippen LogP contribution < -0.4 is 10.6 Å². The predicted octanol–water partition coefficient (Wildman–Crippen LogP) is 3.81. The molecule has 0 radical (unpaired) electrons. The summed E-state index contributed by atoms with van der Waals surface area (Å²) in [4.78, 5) is 10.9. The van der Waals surface area contributed by atoms with Crippen LogP contribution in [0.5, 0.6) is 0 Å². The van der Waals surface area contributed by atoms with Crippen molar-refractivity contribution in [3.8, 4) is 0 Å². The number of nitrogens with zero attached hydrogens (tertiary/aromatic N) is 3. The van der Waals surface area contributed by atoms with Crippen molar-refractivity contribution in [2.45, 2.75) is 6.92 Å². The van der Waals surface area contributed by atoms with Gasteiger partial charge in [0.25, 0.3) is 0 Å². The molecule has 118 valence electrons. The minimum atomic E-state index is 0.461. The standard InChI is InChI=1S/C15H19Cl2N5/c1-10-9-13(18-7-8-22(2)3)20-15(19-10)21-14-11(16)5-4-6-12(14)17/h4-6,9H,7-8H2,1-3H3,(H2,18,19,20,21). The van der Waals surface area contributed by atoms with Gasteiger partial charge in [0.2, 0.25) is 5.95 Å². The van der Waals surface area contributed by atoms with Crippen molar-refractivity contribution in [1.82, 2.24) is 14.9 Å². The molecule has 0 spiro atoms. The molecule has 0 unspecified atom stereocenters. The molecule has 1 aromatic heterocycles. The number of aromatic nitrogens is 2. The summed E-state index contributed by atoms with van der Waals surface area (Å²) in [5.41, 5.74) is 1.46. The van der Waals surface area contributed by atoms with E-state index in [-0.39, 0.29) is 0 Å². The summed E-state index contributed by atoms with van der Waals surface area (Å²) in [6, 6.07) is 7.22. The molecule has 0 aliphatic rings. The number of benzene rings is 1. The van der Waals surface area contributed by atoms with Gasteiger partial charge in [-0.25, -0.2) is 4.98 Å². The number of para-hydroxylation sites is 1. The van der Waals surface area contributed by atoms with Gasteiger partial charge in [-0.3, -0.25) is 0 Å². The van der Waals surface area contributed by atoms with Crippen LogP contribution >= 0.6 is 23.2 Å². The maximum atomic E-state index is 6.15. The third-order valence-electron chi connectivity index (χ3n) is 2.92. The molecule has 0 amide bonds. The molecular formula is C15H19Cl2N5. The van der Waals surface area contributed by atoms with Gasteiger partial charge in [0.05, 0.1) is 15.7 Å². The van der Waals surface area contributed by atoms with Crippen LogP contribution in [0, 0.1) is 6.92 Å². The highest BCUT2D eigenvalue weighted by atomic mass is 35.5. The van der Waals surface area contributed by atoms with Crippen LogP contribution in [0.3, 0.4) is 0 Å². The van der Waals surface area contributed by atoms with Gasteiger partial charge in [-0.1, -0.05) is 29.3 Å². The molecule has 1 aromatic carbocycles. The van der Waals surface area contributed by atoms with Crippen molar-refractivity contribution in [3.63, 3.8) is 0 Å². The van der Waals surface area contributed by atoms with Gasteiger partial charge in [0.15, 0.2) is 0 Å². The highest BCUT2D eigenvalue weighted by Gasteiger charge is 2.08. The predicted molar refractivity (Wildman–Crippen MR) is 93.6 cm³/mol. The monoisotopic (exact) mass is 339 g/mol. The van der Waals surface area contributed by atoms with E-state index in [2.05, 4.69) is 25.5 Å². The highest BCUT2D eigenvalue weighted by Crippen LogP contribution is 2.31. The van der Waals surface area contributed by atoms with Gasteiger partial charge in [-0.05, 0) is 33.2 Å². The zero-order valence-electron chi connectivity index (χ0n) is 12.8. The highest BCUT2D eigenvalue weighted by molar-refractivity contribution is 6.39. The summed E-state index contributed by atoms with van der Waals surface area (Å²) >= 11 is 12.3. The Morgan fingerprint density at radius 2 is 1.82 bits per heavy atom. The number of likely N-dealkylation sites (N-methyl/N-ethyl adjacent to an activating group) is 1. The summed E-state index contributed by atoms with van der Waals surface area (Å²) in [6.07, 6.45) is 0. The van der Waals surface area contributed by atoms with E-state index < -0.39 is 0 Å². The second-order valence-electron chi connectivity index (χ2n) is 5.17. The van der Waals surface area contributed by atoms with Crippen LogP contribution in [-0.4, -0.2) is 42.1 Å². The first-order chi connectivity index (χ1) is 10.5. The summed E-state index contributed by atoms with van der Waals surface area (Å²) < 4.78 is 0. The smallest absolute Gasteiger partial charge is 0.229 e. The molecule has 5 nitrogen and oxygen atoms in total. The lowest BCUT2D eigenvalue weighted by Gasteiger charge is -2.13. The van der Waals surface area contributed by atoms with Gasteiger partial charge in [0.1, 0.15) is 5.82 Å². The molecule has 0 atom stereocenters. The molecule has 2 rings (SSSR count). The van der Waals surface area contributed by atoms with Crippen molar-refractivity contribution < 1.29 is 0 Å². The van der Waals surface area contributed by atoms with Crippen LogP contribution in [0.15, 0.2) is 24.3 Å². The Kier molecular flexibility index (Phi) is 5.83. The first kappa shape index (κ1) is 16.8. The Labute approximate surface area is 140 Å². The van der Waals surface area contributed by atoms with Crippen LogP contribution in [0.2, 0.25) is 10.0 Å². The van der Waals surface area contributed by atoms with Crippen molar-refractivity contribution in [2.75, 3.05) is 37.8 Å². The average molecular weight is 340 g/mol. The second-order valence-corrected chi connectivity index (χ2v) is 5.98. The second kappa shape index (κ2) is 7.63. The molecule has 0 aliphatic carbocycles. The van der Waals surface area contributed by atoms with E-state index in [4.69, 9.17) is 23.2 Å². The maximum Gasteiger partial charge on any atom is 0.229 e. The largest absolute Gasteiger partial charge is 0.369 e. The molecule has 0 fully saturated rings. The SMILES string of the molecule is Cc1cc(NCCN(C)C)nc(Nc2c(Cl)cccc2Cl)n1. The van der Waals surface area contributed by atoms with Crippen molar-refractivity contribution in [3.05, 3.63) is 40.0 Å². The molecule has 0 saturated carbocycles. The topological polar surface area (TPSA) is 53.1 Å². The molecule has 1 heterocycles. The quantitative estimate of drug-likeness (QED) is 0.838. The Morgan fingerprint density at radius 1 is 1.14 bits per heavy atom. The van der Waals surface area contributed by atoms with E-state index in [1.807, 2.05) is 27.1 Å². The van der Waals surface area contributed by atoms with E-state index in [0.29, 0.717) is 21.7 Å². The number of hydrogen-bond donors (Lipinski definition) is 2. The lowest BCUT2D eigenvalue weighted by atomic mass is 10.3. The van der Waals surface area contributed by atoms with Crippen LogP contribution in [0.4, 0.5) is 17.5 Å². The Hall–Kier alpha value is -1.56. The summed E-state index contributed by atoms with van der Waals surface area (Å²) in [7, 11) is 4.05. The number of aryl methyl sites for hydroxylation is 1. The lowest BCUT2D eigenvalue weighted by Crippen LogP contribution is -2.21. The zero-order valence-corrected chi connectivity index (χ0v) is 14.3. The first-order valence-electron chi connectivity index (χ1n) is 6.91. The third-order valence-corrected chi connectivity index (χ3v) is 3.55. The Balaban J connectivity index is 2.16. The summed E-state index contributed by atoms with van der Waals surface area (Å²) in [6.45, 7) is 3.64. The lowest BCUT2D eigenvalue weighted by molar-refractivity contribution is 0.425. The third kappa shape index (κ3) is 4.73. The molecular weight excluding hydrogens is 321 g/mol. The minimum Gasteiger partial charge on any atom is -0.369 e. The molecule has 2 N–H and O–H groups in total. The fourth-order valence-electron chi connectivity index (χ4n) is 1.85. The van der Waals surface area contributed by atoms with Crippen LogP contribution in [0.25, 0.3) is 0 Å². The van der Waals surface area contributed by atoms with Gasteiger partial charge in [-0.2, -0.15) is 4.98 Å². The summed E-state index contributed by atoms with van der Waals surface area (Å²) in [5, 5.41) is 7.41. The molecule has 2 aromatic rings.